The van der Waals surface area contributed by atoms with E-state index in [2.05, 4.69) is 5.32 Å². The Balaban J connectivity index is 1.78. The van der Waals surface area contributed by atoms with Crippen LogP contribution in [0.25, 0.3) is 16.8 Å². The Hall–Kier alpha value is -2.29. The lowest BCUT2D eigenvalue weighted by Crippen LogP contribution is -2.07. The Morgan fingerprint density at radius 1 is 0.913 bits per heavy atom. The zero-order valence-corrected chi connectivity index (χ0v) is 13.6. The van der Waals surface area contributed by atoms with Gasteiger partial charge in [-0.15, -0.1) is 0 Å². The van der Waals surface area contributed by atoms with Crippen molar-refractivity contribution in [3.63, 3.8) is 0 Å². The maximum absolute atomic E-state index is 12.1. The summed E-state index contributed by atoms with van der Waals surface area (Å²) in [5.41, 5.74) is 1.60. The van der Waals surface area contributed by atoms with E-state index in [9.17, 15) is 4.79 Å². The van der Waals surface area contributed by atoms with Crippen LogP contribution in [0, 0.1) is 0 Å². The Kier molecular flexibility index (Phi) is 4.65. The van der Waals surface area contributed by atoms with Crippen LogP contribution in [-0.2, 0) is 4.79 Å². The molecule has 0 saturated carbocycles. The van der Waals surface area contributed by atoms with Gasteiger partial charge in [0.2, 0.25) is 5.91 Å². The molecule has 1 N–H and O–H groups in total. The van der Waals surface area contributed by atoms with E-state index in [0.717, 1.165) is 22.0 Å². The van der Waals surface area contributed by atoms with Gasteiger partial charge in [-0.3, -0.25) is 4.79 Å². The highest BCUT2D eigenvalue weighted by molar-refractivity contribution is 6.42. The molecule has 0 heterocycles. The second kappa shape index (κ2) is 6.86. The van der Waals surface area contributed by atoms with Gasteiger partial charge in [-0.05, 0) is 35.2 Å². The molecule has 0 aliphatic heterocycles. The zero-order chi connectivity index (χ0) is 16.2. The second-order valence-corrected chi connectivity index (χ2v) is 5.84. The molecule has 0 unspecified atom stereocenters. The summed E-state index contributed by atoms with van der Waals surface area (Å²) in [5.74, 6) is -0.201. The molecule has 0 saturated heterocycles. The highest BCUT2D eigenvalue weighted by Crippen LogP contribution is 2.24. The predicted octanol–water partition coefficient (Wildman–Crippen LogP) is 5.80. The number of carbonyl (C=O) groups is 1. The average molecular weight is 342 g/mol. The van der Waals surface area contributed by atoms with Crippen LogP contribution in [0.5, 0.6) is 0 Å². The Bertz CT molecular complexity index is 898. The van der Waals surface area contributed by atoms with E-state index in [4.69, 9.17) is 23.2 Å². The van der Waals surface area contributed by atoms with Crippen molar-refractivity contribution in [2.24, 2.45) is 0 Å². The first-order chi connectivity index (χ1) is 11.1. The lowest BCUT2D eigenvalue weighted by Gasteiger charge is -2.06. The molecule has 0 aliphatic carbocycles. The molecule has 3 rings (SSSR count). The molecule has 1 amide bonds. The van der Waals surface area contributed by atoms with Crippen LogP contribution in [0.15, 0.2) is 66.7 Å². The normalized spacial score (nSPS) is 11.0. The monoisotopic (exact) mass is 341 g/mol. The maximum Gasteiger partial charge on any atom is 0.248 e. The highest BCUT2D eigenvalue weighted by atomic mass is 35.5. The SMILES string of the molecule is O=C(/C=C/c1ccc(Cl)c(Cl)c1)Nc1cccc2ccccc12. The molecule has 0 aliphatic rings. The van der Waals surface area contributed by atoms with Crippen molar-refractivity contribution in [3.05, 3.63) is 82.3 Å². The van der Waals surface area contributed by atoms with Crippen LogP contribution in [0.1, 0.15) is 5.56 Å². The molecular formula is C19H13Cl2NO. The fourth-order valence-corrected chi connectivity index (χ4v) is 2.60. The van der Waals surface area contributed by atoms with Crippen molar-refractivity contribution >= 4 is 51.6 Å². The molecule has 4 heteroatoms. The first kappa shape index (κ1) is 15.6. The Labute approximate surface area is 144 Å². The van der Waals surface area contributed by atoms with Crippen molar-refractivity contribution < 1.29 is 4.79 Å². The van der Waals surface area contributed by atoms with E-state index in [1.54, 1.807) is 24.3 Å². The summed E-state index contributed by atoms with van der Waals surface area (Å²) in [7, 11) is 0. The molecule has 23 heavy (non-hydrogen) atoms. The van der Waals surface area contributed by atoms with Crippen LogP contribution in [-0.4, -0.2) is 5.91 Å². The number of anilines is 1. The summed E-state index contributed by atoms with van der Waals surface area (Å²) in [6.45, 7) is 0. The summed E-state index contributed by atoms with van der Waals surface area (Å²) in [5, 5.41) is 5.94. The van der Waals surface area contributed by atoms with Gasteiger partial charge in [0, 0.05) is 17.1 Å². The first-order valence-electron chi connectivity index (χ1n) is 7.05. The Morgan fingerprint density at radius 2 is 1.70 bits per heavy atom. The molecule has 114 valence electrons. The van der Waals surface area contributed by atoms with Crippen LogP contribution < -0.4 is 5.32 Å². The van der Waals surface area contributed by atoms with Crippen molar-refractivity contribution in [1.29, 1.82) is 0 Å². The van der Waals surface area contributed by atoms with Gasteiger partial charge in [0.1, 0.15) is 0 Å². The topological polar surface area (TPSA) is 29.1 Å². The number of hydrogen-bond acceptors (Lipinski definition) is 1. The van der Waals surface area contributed by atoms with Crippen LogP contribution in [0.4, 0.5) is 5.69 Å². The van der Waals surface area contributed by atoms with Crippen molar-refractivity contribution in [2.75, 3.05) is 5.32 Å². The minimum Gasteiger partial charge on any atom is -0.322 e. The number of carbonyl (C=O) groups excluding carboxylic acids is 1. The molecular weight excluding hydrogens is 329 g/mol. The zero-order valence-electron chi connectivity index (χ0n) is 12.1. The van der Waals surface area contributed by atoms with Gasteiger partial charge in [0.25, 0.3) is 0 Å². The van der Waals surface area contributed by atoms with E-state index in [-0.39, 0.29) is 5.91 Å². The summed E-state index contributed by atoms with van der Waals surface area (Å²) < 4.78 is 0. The van der Waals surface area contributed by atoms with Crippen LogP contribution in [0.3, 0.4) is 0 Å². The number of benzene rings is 3. The van der Waals surface area contributed by atoms with Gasteiger partial charge >= 0.3 is 0 Å². The van der Waals surface area contributed by atoms with Crippen LogP contribution in [0.2, 0.25) is 10.0 Å². The van der Waals surface area contributed by atoms with Crippen molar-refractivity contribution in [1.82, 2.24) is 0 Å². The number of rotatable bonds is 3. The quantitative estimate of drug-likeness (QED) is 0.599. The minimum atomic E-state index is -0.201. The van der Waals surface area contributed by atoms with Gasteiger partial charge in [0.05, 0.1) is 10.0 Å². The number of halogens is 2. The second-order valence-electron chi connectivity index (χ2n) is 5.02. The first-order valence-corrected chi connectivity index (χ1v) is 7.81. The summed E-state index contributed by atoms with van der Waals surface area (Å²) in [4.78, 5) is 12.1. The third kappa shape index (κ3) is 3.73. The summed E-state index contributed by atoms with van der Waals surface area (Å²) >= 11 is 11.8. The number of nitrogens with one attached hydrogen (secondary N) is 1. The van der Waals surface area contributed by atoms with Gasteiger partial charge in [-0.2, -0.15) is 0 Å². The molecule has 3 aromatic carbocycles. The average Bonchev–Trinajstić information content (AvgIpc) is 2.56. The molecule has 0 radical (unpaired) electrons. The van der Waals surface area contributed by atoms with Gasteiger partial charge in [0.15, 0.2) is 0 Å². The third-order valence-corrected chi connectivity index (χ3v) is 4.16. The Morgan fingerprint density at radius 3 is 2.52 bits per heavy atom. The number of amides is 1. The lowest BCUT2D eigenvalue weighted by atomic mass is 10.1. The fraction of sp³-hybridized carbons (Fsp3) is 0. The molecule has 0 fully saturated rings. The predicted molar refractivity (Wildman–Crippen MR) is 98.1 cm³/mol. The summed E-state index contributed by atoms with van der Waals surface area (Å²) in [6, 6.07) is 18.9. The van der Waals surface area contributed by atoms with Gasteiger partial charge in [-0.25, -0.2) is 0 Å². The summed E-state index contributed by atoms with van der Waals surface area (Å²) in [6.07, 6.45) is 3.17. The van der Waals surface area contributed by atoms with E-state index < -0.39 is 0 Å². The largest absolute Gasteiger partial charge is 0.322 e. The number of hydrogen-bond donors (Lipinski definition) is 1. The smallest absolute Gasteiger partial charge is 0.248 e. The third-order valence-electron chi connectivity index (χ3n) is 3.42. The molecule has 0 atom stereocenters. The fourth-order valence-electron chi connectivity index (χ4n) is 2.30. The van der Waals surface area contributed by atoms with E-state index in [1.165, 1.54) is 6.08 Å². The van der Waals surface area contributed by atoms with Crippen molar-refractivity contribution in [3.8, 4) is 0 Å². The minimum absolute atomic E-state index is 0.201. The molecule has 0 aromatic heterocycles. The number of fused-ring (bicyclic) bond motifs is 1. The highest BCUT2D eigenvalue weighted by Gasteiger charge is 2.03. The van der Waals surface area contributed by atoms with E-state index >= 15 is 0 Å². The molecule has 3 aromatic rings. The van der Waals surface area contributed by atoms with E-state index in [1.807, 2.05) is 42.5 Å². The molecule has 2 nitrogen and oxygen atoms in total. The molecule has 0 spiro atoms. The molecule has 0 bridgehead atoms. The van der Waals surface area contributed by atoms with Crippen molar-refractivity contribution in [2.45, 2.75) is 0 Å². The van der Waals surface area contributed by atoms with Gasteiger partial charge < -0.3 is 5.32 Å². The maximum atomic E-state index is 12.1. The van der Waals surface area contributed by atoms with Gasteiger partial charge in [-0.1, -0.05) is 65.7 Å². The standard InChI is InChI=1S/C19H13Cl2NO/c20-16-10-8-13(12-17(16)21)9-11-19(23)22-18-7-3-5-14-4-1-2-6-15(14)18/h1-12H,(H,22,23)/b11-9+. The van der Waals surface area contributed by atoms with Crippen LogP contribution >= 0.6 is 23.2 Å². The lowest BCUT2D eigenvalue weighted by molar-refractivity contribution is -0.111. The van der Waals surface area contributed by atoms with E-state index in [0.29, 0.717) is 10.0 Å².